The molecule has 0 bridgehead atoms. The number of aryl methyl sites for hydroxylation is 1. The van der Waals surface area contributed by atoms with Gasteiger partial charge in [-0.2, -0.15) is 0 Å². The smallest absolute Gasteiger partial charge is 0.463 e. The van der Waals surface area contributed by atoms with Crippen molar-refractivity contribution in [3.63, 3.8) is 0 Å². The van der Waals surface area contributed by atoms with Crippen LogP contribution in [0.5, 0.6) is 0 Å². The molecular weight excluding hydrogens is 598 g/mol. The lowest BCUT2D eigenvalue weighted by atomic mass is 10.00. The van der Waals surface area contributed by atoms with Gasteiger partial charge in [-0.1, -0.05) is 74.7 Å². The molecule has 0 heterocycles. The molecule has 0 radical (unpaired) electrons. The van der Waals surface area contributed by atoms with Crippen molar-refractivity contribution in [3.05, 3.63) is 65.7 Å². The highest BCUT2D eigenvalue weighted by Gasteiger charge is 2.39. The molecule has 256 valence electrons. The van der Waals surface area contributed by atoms with Crippen molar-refractivity contribution >= 4 is 26.9 Å². The minimum Gasteiger partial charge on any atom is -0.463 e. The zero-order valence-electron chi connectivity index (χ0n) is 28.7. The molecule has 0 saturated heterocycles. The Morgan fingerprint density at radius 3 is 1.83 bits per heavy atom. The van der Waals surface area contributed by atoms with Crippen LogP contribution in [-0.2, 0) is 34.0 Å². The highest BCUT2D eigenvalue weighted by Crippen LogP contribution is 2.22. The van der Waals surface area contributed by atoms with Crippen molar-refractivity contribution in [2.45, 2.75) is 97.9 Å². The average molecular weight is 656 g/mol. The van der Waals surface area contributed by atoms with Gasteiger partial charge in [-0.3, -0.25) is 0 Å². The molecule has 46 heavy (non-hydrogen) atoms. The van der Waals surface area contributed by atoms with Gasteiger partial charge in [0.05, 0.1) is 13.2 Å². The Kier molecular flexibility index (Phi) is 20.6. The second kappa shape index (κ2) is 24.2. The van der Waals surface area contributed by atoms with Gasteiger partial charge in [-0.25, -0.2) is 9.59 Å². The molecule has 0 saturated carbocycles. The third-order valence-corrected chi connectivity index (χ3v) is 10.6. The maximum Gasteiger partial charge on any atom is 0.500 e. The number of esters is 1. The maximum absolute atomic E-state index is 12.1. The summed E-state index contributed by atoms with van der Waals surface area (Å²) in [6.07, 6.45) is 13.1. The first-order chi connectivity index (χ1) is 22.4. The summed E-state index contributed by atoms with van der Waals surface area (Å²) >= 11 is 0. The van der Waals surface area contributed by atoms with E-state index in [4.69, 9.17) is 22.8 Å². The number of ether oxygens (including phenoxy) is 2. The maximum atomic E-state index is 12.1. The Bertz CT molecular complexity index is 1100. The number of carbonyl (C=O) groups excluding carboxylic acids is 2. The number of rotatable bonds is 25. The Hall–Kier alpha value is -2.98. The minimum absolute atomic E-state index is 0.345. The van der Waals surface area contributed by atoms with E-state index in [2.05, 4.69) is 48.6 Å². The summed E-state index contributed by atoms with van der Waals surface area (Å²) in [5.41, 5.74) is 4.69. The number of benzene rings is 2. The quantitative estimate of drug-likeness (QED) is 0.0495. The lowest BCUT2D eigenvalue weighted by molar-refractivity contribution is -0.137. The van der Waals surface area contributed by atoms with Crippen molar-refractivity contribution in [3.8, 4) is 11.1 Å². The first-order valence-electron chi connectivity index (χ1n) is 17.3. The van der Waals surface area contributed by atoms with E-state index in [0.717, 1.165) is 43.2 Å². The van der Waals surface area contributed by atoms with Gasteiger partial charge < -0.3 is 28.1 Å². The highest BCUT2D eigenvalue weighted by atomic mass is 28.4. The molecule has 9 heteroatoms. The van der Waals surface area contributed by atoms with Gasteiger partial charge in [0.2, 0.25) is 0 Å². The molecule has 0 aromatic heterocycles. The van der Waals surface area contributed by atoms with E-state index in [9.17, 15) is 9.59 Å². The van der Waals surface area contributed by atoms with Crippen LogP contribution in [0.4, 0.5) is 4.79 Å². The summed E-state index contributed by atoms with van der Waals surface area (Å²) in [6, 6.07) is 17.7. The van der Waals surface area contributed by atoms with E-state index in [-0.39, 0.29) is 5.97 Å². The molecule has 8 nitrogen and oxygen atoms in total. The van der Waals surface area contributed by atoms with E-state index < -0.39 is 14.9 Å². The van der Waals surface area contributed by atoms with Crippen molar-refractivity contribution in [1.82, 2.24) is 5.32 Å². The lowest BCUT2D eigenvalue weighted by Crippen LogP contribution is -2.46. The number of carbonyl (C=O) groups is 2. The molecule has 0 aliphatic rings. The molecule has 2 aromatic carbocycles. The van der Waals surface area contributed by atoms with Crippen molar-refractivity contribution in [2.75, 3.05) is 39.6 Å². The number of hydrogen-bond acceptors (Lipinski definition) is 7. The monoisotopic (exact) mass is 655 g/mol. The molecule has 0 aliphatic heterocycles. The van der Waals surface area contributed by atoms with Gasteiger partial charge in [-0.05, 0) is 94.0 Å². The van der Waals surface area contributed by atoms with Crippen LogP contribution in [0.15, 0.2) is 54.6 Å². The fourth-order valence-electron chi connectivity index (χ4n) is 5.06. The number of hydrogen-bond donors (Lipinski definition) is 1. The molecule has 1 N–H and O–H groups in total. The Balaban J connectivity index is 1.54. The van der Waals surface area contributed by atoms with Crippen LogP contribution in [-0.4, -0.2) is 60.4 Å². The third-order valence-electron chi connectivity index (χ3n) is 7.47. The molecule has 0 fully saturated rings. The zero-order valence-corrected chi connectivity index (χ0v) is 29.7. The van der Waals surface area contributed by atoms with Crippen LogP contribution in [0.1, 0.15) is 96.6 Å². The molecule has 0 unspecified atom stereocenters. The molecule has 2 aromatic rings. The predicted molar refractivity (Wildman–Crippen MR) is 188 cm³/mol. The van der Waals surface area contributed by atoms with E-state index >= 15 is 0 Å². The van der Waals surface area contributed by atoms with Crippen LogP contribution in [0.25, 0.3) is 17.2 Å². The molecule has 0 atom stereocenters. The van der Waals surface area contributed by atoms with E-state index in [1.165, 1.54) is 42.9 Å². The highest BCUT2D eigenvalue weighted by molar-refractivity contribution is 6.60. The minimum atomic E-state index is -2.69. The van der Waals surface area contributed by atoms with Crippen molar-refractivity contribution in [1.29, 1.82) is 0 Å². The summed E-state index contributed by atoms with van der Waals surface area (Å²) in [5, 5.41) is 2.78. The normalized spacial score (nSPS) is 11.6. The standard InChI is InChI=1S/C37H57NO7Si/c1-5-9-10-13-17-32-18-23-34(24-19-32)35-25-20-33(21-26-35)22-27-36(39)41-29-14-11-12-15-30-42-37(40)38-28-16-31-46(43-6-2,44-7-3)45-8-4/h18-27H,5-17,28-31H2,1-4H3,(H,38,40)/b27-22+. The van der Waals surface area contributed by atoms with E-state index in [1.807, 2.05) is 32.9 Å². The van der Waals surface area contributed by atoms with Gasteiger partial charge in [-0.15, -0.1) is 0 Å². The molecular formula is C37H57NO7Si. The van der Waals surface area contributed by atoms with E-state index in [0.29, 0.717) is 52.0 Å². The Labute approximate surface area is 278 Å². The summed E-state index contributed by atoms with van der Waals surface area (Å²) in [7, 11) is -2.69. The van der Waals surface area contributed by atoms with Crippen LogP contribution in [0.3, 0.4) is 0 Å². The molecule has 2 rings (SSSR count). The Morgan fingerprint density at radius 2 is 1.24 bits per heavy atom. The predicted octanol–water partition coefficient (Wildman–Crippen LogP) is 8.76. The largest absolute Gasteiger partial charge is 0.500 e. The summed E-state index contributed by atoms with van der Waals surface area (Å²) in [5.74, 6) is -0.345. The fourth-order valence-corrected chi connectivity index (χ4v) is 7.67. The van der Waals surface area contributed by atoms with Crippen LogP contribution >= 0.6 is 0 Å². The molecule has 0 aliphatic carbocycles. The SMILES string of the molecule is CCCCCCc1ccc(-c2ccc(/C=C/C(=O)OCCCCCCOC(=O)NCCC[Si](OCC)(OCC)OCC)cc2)cc1. The van der Waals surface area contributed by atoms with Gasteiger partial charge in [0, 0.05) is 38.5 Å². The first-order valence-corrected chi connectivity index (χ1v) is 19.2. The third kappa shape index (κ3) is 16.5. The van der Waals surface area contributed by atoms with Gasteiger partial charge in [0.25, 0.3) is 0 Å². The molecule has 0 spiro atoms. The lowest BCUT2D eigenvalue weighted by Gasteiger charge is -2.28. The summed E-state index contributed by atoms with van der Waals surface area (Å²) in [6.45, 7) is 10.8. The van der Waals surface area contributed by atoms with Crippen LogP contribution < -0.4 is 5.32 Å². The van der Waals surface area contributed by atoms with Crippen molar-refractivity contribution in [2.24, 2.45) is 0 Å². The van der Waals surface area contributed by atoms with E-state index in [1.54, 1.807) is 6.08 Å². The number of alkyl carbamates (subject to hydrolysis) is 1. The number of amides is 1. The van der Waals surface area contributed by atoms with Crippen LogP contribution in [0.2, 0.25) is 6.04 Å². The van der Waals surface area contributed by atoms with Crippen LogP contribution in [0, 0.1) is 0 Å². The van der Waals surface area contributed by atoms with Gasteiger partial charge in [0.1, 0.15) is 0 Å². The fraction of sp³-hybridized carbons (Fsp3) is 0.568. The topological polar surface area (TPSA) is 92.3 Å². The van der Waals surface area contributed by atoms with Gasteiger partial charge >= 0.3 is 20.9 Å². The summed E-state index contributed by atoms with van der Waals surface area (Å²) < 4.78 is 28.1. The number of nitrogens with one attached hydrogen (secondary N) is 1. The second-order valence-electron chi connectivity index (χ2n) is 11.2. The summed E-state index contributed by atoms with van der Waals surface area (Å²) in [4.78, 5) is 24.1. The first kappa shape index (κ1) is 39.2. The number of unbranched alkanes of at least 4 members (excludes halogenated alkanes) is 6. The van der Waals surface area contributed by atoms with Gasteiger partial charge in [0.15, 0.2) is 0 Å². The second-order valence-corrected chi connectivity index (χ2v) is 13.9. The zero-order chi connectivity index (χ0) is 33.3. The average Bonchev–Trinajstić information content (AvgIpc) is 3.06. The molecule has 1 amide bonds. The Morgan fingerprint density at radius 1 is 0.674 bits per heavy atom. The van der Waals surface area contributed by atoms with Crippen molar-refractivity contribution < 1.29 is 32.3 Å².